The van der Waals surface area contributed by atoms with Gasteiger partial charge in [-0.25, -0.2) is 0 Å². The molecule has 0 saturated heterocycles. The van der Waals surface area contributed by atoms with Gasteiger partial charge in [0.05, 0.1) is 17.4 Å². The molecule has 2 N–H and O–H groups in total. The fourth-order valence-corrected chi connectivity index (χ4v) is 2.92. The summed E-state index contributed by atoms with van der Waals surface area (Å²) in [5.74, 6) is 0.0403. The van der Waals surface area contributed by atoms with E-state index in [1.54, 1.807) is 36.5 Å². The Bertz CT molecular complexity index is 1010. The topological polar surface area (TPSA) is 71.1 Å². The molecule has 0 radical (unpaired) electrons. The molecule has 0 fully saturated rings. The number of ketones is 1. The summed E-state index contributed by atoms with van der Waals surface area (Å²) >= 11 is 0. The SMILES string of the molecule is CC(=O)c1cccc(NC(=O)c2cncc(Nc3ccccc3C(C)C)c2)c1. The highest BCUT2D eigenvalue weighted by atomic mass is 16.1. The second-order valence-corrected chi connectivity index (χ2v) is 6.92. The number of benzene rings is 2. The van der Waals surface area contributed by atoms with E-state index in [1.165, 1.54) is 18.7 Å². The van der Waals surface area contributed by atoms with Gasteiger partial charge >= 0.3 is 0 Å². The molecule has 0 unspecified atom stereocenters. The third kappa shape index (κ3) is 4.62. The van der Waals surface area contributed by atoms with Gasteiger partial charge in [-0.2, -0.15) is 0 Å². The number of rotatable bonds is 6. The van der Waals surface area contributed by atoms with Crippen molar-refractivity contribution in [3.05, 3.63) is 83.7 Å². The minimum atomic E-state index is -0.283. The normalized spacial score (nSPS) is 10.6. The predicted octanol–water partition coefficient (Wildman–Crippen LogP) is 5.40. The number of anilines is 3. The third-order valence-electron chi connectivity index (χ3n) is 4.39. The molecular formula is C23H23N3O2. The van der Waals surface area contributed by atoms with Crippen molar-refractivity contribution >= 4 is 28.8 Å². The van der Waals surface area contributed by atoms with Crippen LogP contribution in [0.3, 0.4) is 0 Å². The van der Waals surface area contributed by atoms with Gasteiger partial charge in [-0.1, -0.05) is 44.2 Å². The predicted molar refractivity (Wildman–Crippen MR) is 112 cm³/mol. The molecule has 142 valence electrons. The molecule has 0 saturated carbocycles. The zero-order valence-electron chi connectivity index (χ0n) is 16.2. The maximum absolute atomic E-state index is 12.6. The van der Waals surface area contributed by atoms with E-state index in [1.807, 2.05) is 18.2 Å². The van der Waals surface area contributed by atoms with Gasteiger partial charge in [0.25, 0.3) is 5.91 Å². The van der Waals surface area contributed by atoms with Gasteiger partial charge in [-0.15, -0.1) is 0 Å². The van der Waals surface area contributed by atoms with E-state index in [9.17, 15) is 9.59 Å². The average Bonchev–Trinajstić information content (AvgIpc) is 2.68. The number of carbonyl (C=O) groups is 2. The Morgan fingerprint density at radius 3 is 2.39 bits per heavy atom. The number of hydrogen-bond acceptors (Lipinski definition) is 4. The molecule has 28 heavy (non-hydrogen) atoms. The van der Waals surface area contributed by atoms with Crippen molar-refractivity contribution in [1.82, 2.24) is 4.98 Å². The number of amides is 1. The Hall–Kier alpha value is -3.47. The van der Waals surface area contributed by atoms with Crippen molar-refractivity contribution in [2.75, 3.05) is 10.6 Å². The second kappa shape index (κ2) is 8.48. The average molecular weight is 373 g/mol. The maximum Gasteiger partial charge on any atom is 0.257 e. The van der Waals surface area contributed by atoms with Crippen LogP contribution in [0.2, 0.25) is 0 Å². The molecule has 0 aliphatic carbocycles. The first-order valence-electron chi connectivity index (χ1n) is 9.17. The van der Waals surface area contributed by atoms with Crippen LogP contribution in [0.1, 0.15) is 53.0 Å². The Kier molecular flexibility index (Phi) is 5.84. The van der Waals surface area contributed by atoms with E-state index < -0.39 is 0 Å². The van der Waals surface area contributed by atoms with Crippen molar-refractivity contribution in [3.8, 4) is 0 Å². The minimum absolute atomic E-state index is 0.0484. The van der Waals surface area contributed by atoms with E-state index in [0.29, 0.717) is 22.7 Å². The van der Waals surface area contributed by atoms with Crippen LogP contribution < -0.4 is 10.6 Å². The highest BCUT2D eigenvalue weighted by Gasteiger charge is 2.11. The van der Waals surface area contributed by atoms with Crippen LogP contribution in [0.5, 0.6) is 0 Å². The van der Waals surface area contributed by atoms with E-state index in [-0.39, 0.29) is 11.7 Å². The van der Waals surface area contributed by atoms with Gasteiger partial charge in [0, 0.05) is 23.1 Å². The van der Waals surface area contributed by atoms with E-state index >= 15 is 0 Å². The lowest BCUT2D eigenvalue weighted by molar-refractivity contribution is 0.101. The maximum atomic E-state index is 12.6. The molecule has 5 heteroatoms. The summed E-state index contributed by atoms with van der Waals surface area (Å²) in [5, 5.41) is 6.17. The van der Waals surface area contributed by atoms with Crippen molar-refractivity contribution in [2.24, 2.45) is 0 Å². The van der Waals surface area contributed by atoms with Crippen LogP contribution in [0, 0.1) is 0 Å². The quantitative estimate of drug-likeness (QED) is 0.567. The lowest BCUT2D eigenvalue weighted by Crippen LogP contribution is -2.13. The van der Waals surface area contributed by atoms with Crippen LogP contribution in [-0.4, -0.2) is 16.7 Å². The Morgan fingerprint density at radius 1 is 0.893 bits per heavy atom. The molecule has 0 bridgehead atoms. The molecule has 5 nitrogen and oxygen atoms in total. The lowest BCUT2D eigenvalue weighted by atomic mass is 10.0. The van der Waals surface area contributed by atoms with Crippen LogP contribution >= 0.6 is 0 Å². The summed E-state index contributed by atoms with van der Waals surface area (Å²) in [7, 11) is 0. The van der Waals surface area contributed by atoms with Crippen molar-refractivity contribution < 1.29 is 9.59 Å². The summed E-state index contributed by atoms with van der Waals surface area (Å²) < 4.78 is 0. The Morgan fingerprint density at radius 2 is 1.64 bits per heavy atom. The smallest absolute Gasteiger partial charge is 0.257 e. The van der Waals surface area contributed by atoms with Gasteiger partial charge in [-0.3, -0.25) is 14.6 Å². The number of para-hydroxylation sites is 1. The van der Waals surface area contributed by atoms with Gasteiger partial charge in [0.2, 0.25) is 0 Å². The highest BCUT2D eigenvalue weighted by Crippen LogP contribution is 2.27. The third-order valence-corrected chi connectivity index (χ3v) is 4.39. The first kappa shape index (κ1) is 19.3. The van der Waals surface area contributed by atoms with Crippen molar-refractivity contribution in [3.63, 3.8) is 0 Å². The number of nitrogens with zero attached hydrogens (tertiary/aromatic N) is 1. The van der Waals surface area contributed by atoms with E-state index in [0.717, 1.165) is 11.4 Å². The molecule has 3 aromatic rings. The van der Waals surface area contributed by atoms with Gasteiger partial charge in [-0.05, 0) is 42.7 Å². The molecule has 1 heterocycles. The van der Waals surface area contributed by atoms with Crippen LogP contribution in [-0.2, 0) is 0 Å². The van der Waals surface area contributed by atoms with Crippen LogP contribution in [0.25, 0.3) is 0 Å². The van der Waals surface area contributed by atoms with Gasteiger partial charge < -0.3 is 10.6 Å². The molecular weight excluding hydrogens is 350 g/mol. The fourth-order valence-electron chi connectivity index (χ4n) is 2.92. The second-order valence-electron chi connectivity index (χ2n) is 6.92. The summed E-state index contributed by atoms with van der Waals surface area (Å²) in [6, 6.07) is 16.7. The first-order valence-corrected chi connectivity index (χ1v) is 9.17. The molecule has 0 spiro atoms. The molecule has 0 atom stereocenters. The van der Waals surface area contributed by atoms with Crippen LogP contribution in [0.4, 0.5) is 17.1 Å². The molecule has 3 rings (SSSR count). The molecule has 0 aliphatic rings. The summed E-state index contributed by atoms with van der Waals surface area (Å²) in [5.41, 5.74) is 4.47. The number of aromatic nitrogens is 1. The summed E-state index contributed by atoms with van der Waals surface area (Å²) in [4.78, 5) is 28.3. The largest absolute Gasteiger partial charge is 0.354 e. The Labute approximate surface area is 164 Å². The summed E-state index contributed by atoms with van der Waals surface area (Å²) in [6.07, 6.45) is 3.20. The van der Waals surface area contributed by atoms with E-state index in [4.69, 9.17) is 0 Å². The molecule has 2 aromatic carbocycles. The van der Waals surface area contributed by atoms with Crippen molar-refractivity contribution in [1.29, 1.82) is 0 Å². The number of pyridine rings is 1. The zero-order valence-corrected chi connectivity index (χ0v) is 16.2. The molecule has 1 amide bonds. The zero-order chi connectivity index (χ0) is 20.1. The highest BCUT2D eigenvalue weighted by molar-refractivity contribution is 6.05. The summed E-state index contributed by atoms with van der Waals surface area (Å²) in [6.45, 7) is 5.77. The standard InChI is InChI=1S/C23H23N3O2/c1-15(2)21-9-4-5-10-22(21)25-20-12-18(13-24-14-20)23(28)26-19-8-6-7-17(11-19)16(3)27/h4-15,25H,1-3H3,(H,26,28). The Balaban J connectivity index is 1.79. The number of Topliss-reactive ketones (excluding diaryl/α,β-unsaturated/α-hetero) is 1. The molecule has 0 aliphatic heterocycles. The fraction of sp³-hybridized carbons (Fsp3) is 0.174. The number of nitrogens with one attached hydrogen (secondary N) is 2. The van der Waals surface area contributed by atoms with Crippen molar-refractivity contribution in [2.45, 2.75) is 26.7 Å². The van der Waals surface area contributed by atoms with E-state index in [2.05, 4.69) is 35.5 Å². The number of hydrogen-bond donors (Lipinski definition) is 2. The number of carbonyl (C=O) groups excluding carboxylic acids is 2. The molecule has 1 aromatic heterocycles. The minimum Gasteiger partial charge on any atom is -0.354 e. The van der Waals surface area contributed by atoms with Crippen LogP contribution in [0.15, 0.2) is 67.0 Å². The van der Waals surface area contributed by atoms with Gasteiger partial charge in [0.1, 0.15) is 0 Å². The first-order chi connectivity index (χ1) is 13.4. The van der Waals surface area contributed by atoms with Gasteiger partial charge in [0.15, 0.2) is 5.78 Å². The lowest BCUT2D eigenvalue weighted by Gasteiger charge is -2.15. The monoisotopic (exact) mass is 373 g/mol.